The Morgan fingerprint density at radius 1 is 1.23 bits per heavy atom. The first-order valence-electron chi connectivity index (χ1n) is 9.58. The molecule has 1 aliphatic rings. The van der Waals surface area contributed by atoms with E-state index in [0.29, 0.717) is 17.1 Å². The number of hydrogen-bond donors (Lipinski definition) is 3. The average Bonchev–Trinajstić information content (AvgIpc) is 3.38. The maximum atomic E-state index is 12.7. The molecule has 0 bridgehead atoms. The molecule has 31 heavy (non-hydrogen) atoms. The van der Waals surface area contributed by atoms with Crippen LogP contribution in [0.3, 0.4) is 0 Å². The molecule has 9 nitrogen and oxygen atoms in total. The molecule has 0 unspecified atom stereocenters. The van der Waals surface area contributed by atoms with Crippen molar-refractivity contribution >= 4 is 16.9 Å². The number of benzene rings is 2. The third-order valence-corrected chi connectivity index (χ3v) is 5.08. The molecule has 0 radical (unpaired) electrons. The summed E-state index contributed by atoms with van der Waals surface area (Å²) in [5.74, 6) is 0.125. The molecule has 4 aromatic rings. The fourth-order valence-electron chi connectivity index (χ4n) is 3.54. The van der Waals surface area contributed by atoms with Crippen molar-refractivity contribution in [1.29, 1.82) is 0 Å². The second-order valence-corrected chi connectivity index (χ2v) is 7.21. The van der Waals surface area contributed by atoms with Gasteiger partial charge in [0.15, 0.2) is 11.5 Å². The lowest BCUT2D eigenvalue weighted by Crippen LogP contribution is -2.29. The summed E-state index contributed by atoms with van der Waals surface area (Å²) in [6.45, 7) is 2.25. The van der Waals surface area contributed by atoms with Crippen LogP contribution in [0.2, 0.25) is 0 Å². The maximum absolute atomic E-state index is 12.7. The van der Waals surface area contributed by atoms with Crippen molar-refractivity contribution in [3.63, 3.8) is 0 Å². The molecule has 3 N–H and O–H groups in total. The van der Waals surface area contributed by atoms with E-state index >= 15 is 0 Å². The Labute approximate surface area is 175 Å². The normalized spacial score (nSPS) is 12.3. The fourth-order valence-corrected chi connectivity index (χ4v) is 3.54. The van der Waals surface area contributed by atoms with E-state index in [9.17, 15) is 14.7 Å². The van der Waals surface area contributed by atoms with Crippen molar-refractivity contribution in [1.82, 2.24) is 20.1 Å². The number of aryl methyl sites for hydroxylation is 1. The highest BCUT2D eigenvalue weighted by Crippen LogP contribution is 2.32. The molecule has 3 heterocycles. The summed E-state index contributed by atoms with van der Waals surface area (Å²) in [5, 5.41) is 17.9. The number of aromatic nitrogens is 3. The molecule has 0 saturated heterocycles. The fraction of sp³-hybridized carbons (Fsp3) is 0.136. The highest BCUT2D eigenvalue weighted by Gasteiger charge is 2.22. The van der Waals surface area contributed by atoms with Crippen LogP contribution in [0.5, 0.6) is 17.2 Å². The van der Waals surface area contributed by atoms with Gasteiger partial charge in [-0.05, 0) is 42.3 Å². The highest BCUT2D eigenvalue weighted by molar-refractivity contribution is 6.01. The Morgan fingerprint density at radius 3 is 2.90 bits per heavy atom. The Morgan fingerprint density at radius 2 is 2.06 bits per heavy atom. The predicted octanol–water partition coefficient (Wildman–Crippen LogP) is 2.39. The summed E-state index contributed by atoms with van der Waals surface area (Å²) in [4.78, 5) is 28.0. The molecule has 1 aliphatic heterocycles. The molecular formula is C22H18N4O5. The van der Waals surface area contributed by atoms with Gasteiger partial charge < -0.3 is 24.9 Å². The lowest BCUT2D eigenvalue weighted by atomic mass is 10.1. The van der Waals surface area contributed by atoms with Crippen molar-refractivity contribution in [2.75, 3.05) is 6.79 Å². The van der Waals surface area contributed by atoms with E-state index in [1.165, 1.54) is 10.9 Å². The monoisotopic (exact) mass is 418 g/mol. The number of ether oxygens (including phenoxy) is 2. The lowest BCUT2D eigenvalue weighted by molar-refractivity contribution is 0.0947. The lowest BCUT2D eigenvalue weighted by Gasteiger charge is -2.09. The van der Waals surface area contributed by atoms with Crippen molar-refractivity contribution in [3.8, 4) is 22.9 Å². The number of nitrogens with one attached hydrogen (secondary N) is 2. The molecule has 1 amide bonds. The summed E-state index contributed by atoms with van der Waals surface area (Å²) in [7, 11) is 0. The van der Waals surface area contributed by atoms with Crippen LogP contribution >= 0.6 is 0 Å². The first-order valence-corrected chi connectivity index (χ1v) is 9.58. The Bertz CT molecular complexity index is 1390. The van der Waals surface area contributed by atoms with E-state index < -0.39 is 17.2 Å². The summed E-state index contributed by atoms with van der Waals surface area (Å²) in [6.07, 6.45) is 1.41. The highest BCUT2D eigenvalue weighted by atomic mass is 16.7. The summed E-state index contributed by atoms with van der Waals surface area (Å²) in [6, 6.07) is 12.8. The number of fused-ring (bicyclic) bond motifs is 2. The number of aromatic hydroxyl groups is 1. The van der Waals surface area contributed by atoms with Gasteiger partial charge in [-0.15, -0.1) is 0 Å². The Kier molecular flexibility index (Phi) is 4.36. The van der Waals surface area contributed by atoms with Crippen LogP contribution in [0.4, 0.5) is 0 Å². The van der Waals surface area contributed by atoms with Crippen LogP contribution in [-0.4, -0.2) is 32.6 Å². The quantitative estimate of drug-likeness (QED) is 0.468. The van der Waals surface area contributed by atoms with Gasteiger partial charge >= 0.3 is 0 Å². The van der Waals surface area contributed by atoms with Gasteiger partial charge in [-0.3, -0.25) is 9.59 Å². The number of carbonyl (C=O) groups excluding carboxylic acids is 1. The number of nitrogens with zero attached hydrogens (tertiary/aromatic N) is 2. The minimum Gasteiger partial charge on any atom is -0.506 e. The molecular weight excluding hydrogens is 400 g/mol. The third kappa shape index (κ3) is 3.25. The molecule has 0 fully saturated rings. The zero-order chi connectivity index (χ0) is 21.5. The molecule has 9 heteroatoms. The molecule has 0 saturated carbocycles. The van der Waals surface area contributed by atoms with E-state index in [1.54, 1.807) is 18.2 Å². The number of pyridine rings is 1. The van der Waals surface area contributed by atoms with Gasteiger partial charge in [0.25, 0.3) is 11.5 Å². The van der Waals surface area contributed by atoms with Crippen molar-refractivity contribution in [2.24, 2.45) is 0 Å². The topological polar surface area (TPSA) is 118 Å². The van der Waals surface area contributed by atoms with Gasteiger partial charge in [0, 0.05) is 6.54 Å². The predicted molar refractivity (Wildman–Crippen MR) is 112 cm³/mol. The molecule has 2 aromatic carbocycles. The van der Waals surface area contributed by atoms with Crippen molar-refractivity contribution in [2.45, 2.75) is 13.5 Å². The minimum atomic E-state index is -0.706. The number of carbonyl (C=O) groups is 1. The number of H-pyrrole nitrogens is 1. The van der Waals surface area contributed by atoms with E-state index in [-0.39, 0.29) is 24.3 Å². The Balaban J connectivity index is 1.44. The first-order chi connectivity index (χ1) is 15.0. The van der Waals surface area contributed by atoms with E-state index in [0.717, 1.165) is 16.8 Å². The minimum absolute atomic E-state index is 0.148. The summed E-state index contributed by atoms with van der Waals surface area (Å²) < 4.78 is 12.1. The zero-order valence-corrected chi connectivity index (χ0v) is 16.5. The SMILES string of the molecule is Cc1cccc(-n2ncc3c(O)c(C(=O)NCc4ccc5c(c4)OCO5)c(=O)[nH]c32)c1. The molecule has 0 atom stereocenters. The van der Waals surface area contributed by atoms with Crippen LogP contribution in [0, 0.1) is 6.92 Å². The number of aromatic amines is 1. The average molecular weight is 418 g/mol. The Hall–Kier alpha value is -4.27. The van der Waals surface area contributed by atoms with Crippen LogP contribution in [0.15, 0.2) is 53.5 Å². The zero-order valence-electron chi connectivity index (χ0n) is 16.5. The number of rotatable bonds is 4. The standard InChI is InChI=1S/C22H18N4O5/c1-12-3-2-4-14(7-12)26-20-15(10-24-26)19(27)18(22(29)25-20)21(28)23-9-13-5-6-16-17(8-13)31-11-30-16/h2-8,10H,9,11H2,1H3,(H,23,28)(H2,25,27,29). The van der Waals surface area contributed by atoms with Gasteiger partial charge in [0.05, 0.1) is 17.3 Å². The van der Waals surface area contributed by atoms with Gasteiger partial charge in [0.2, 0.25) is 6.79 Å². The first kappa shape index (κ1) is 18.7. The van der Waals surface area contributed by atoms with E-state index in [1.807, 2.05) is 31.2 Å². The van der Waals surface area contributed by atoms with Gasteiger partial charge in [-0.1, -0.05) is 18.2 Å². The molecule has 0 aliphatic carbocycles. The van der Waals surface area contributed by atoms with Gasteiger partial charge in [-0.25, -0.2) is 4.68 Å². The second-order valence-electron chi connectivity index (χ2n) is 7.21. The summed E-state index contributed by atoms with van der Waals surface area (Å²) >= 11 is 0. The summed E-state index contributed by atoms with van der Waals surface area (Å²) in [5.41, 5.74) is 1.75. The largest absolute Gasteiger partial charge is 0.506 e. The molecule has 2 aromatic heterocycles. The van der Waals surface area contributed by atoms with E-state index in [2.05, 4.69) is 15.4 Å². The third-order valence-electron chi connectivity index (χ3n) is 5.08. The molecule has 0 spiro atoms. The van der Waals surface area contributed by atoms with Gasteiger partial charge in [0.1, 0.15) is 17.0 Å². The van der Waals surface area contributed by atoms with Crippen LogP contribution in [0.25, 0.3) is 16.7 Å². The number of amides is 1. The molecule has 5 rings (SSSR count). The van der Waals surface area contributed by atoms with E-state index in [4.69, 9.17) is 9.47 Å². The van der Waals surface area contributed by atoms with Gasteiger partial charge in [-0.2, -0.15) is 5.10 Å². The van der Waals surface area contributed by atoms with Crippen molar-refractivity contribution in [3.05, 3.63) is 75.7 Å². The smallest absolute Gasteiger partial charge is 0.266 e. The van der Waals surface area contributed by atoms with Crippen LogP contribution in [0.1, 0.15) is 21.5 Å². The second kappa shape index (κ2) is 7.21. The van der Waals surface area contributed by atoms with Crippen molar-refractivity contribution < 1.29 is 19.4 Å². The maximum Gasteiger partial charge on any atom is 0.266 e. The van der Waals surface area contributed by atoms with Crippen LogP contribution < -0.4 is 20.3 Å². The molecule has 156 valence electrons. The van der Waals surface area contributed by atoms with Crippen LogP contribution in [-0.2, 0) is 6.54 Å². The number of hydrogen-bond acceptors (Lipinski definition) is 6.